The summed E-state index contributed by atoms with van der Waals surface area (Å²) in [5, 5.41) is 0. The van der Waals surface area contributed by atoms with E-state index in [1.165, 1.54) is 23.3 Å². The third-order valence-electron chi connectivity index (χ3n) is 3.70. The van der Waals surface area contributed by atoms with Crippen LogP contribution in [-0.2, 0) is 0 Å². The van der Waals surface area contributed by atoms with Gasteiger partial charge in [-0.2, -0.15) is 11.8 Å². The van der Waals surface area contributed by atoms with E-state index in [1.807, 2.05) is 11.8 Å². The lowest BCUT2D eigenvalue weighted by molar-refractivity contribution is 0.185. The minimum Gasteiger partial charge on any atom is -0.329 e. The van der Waals surface area contributed by atoms with Crippen molar-refractivity contribution in [2.45, 2.75) is 32.4 Å². The maximum absolute atomic E-state index is 5.99. The van der Waals surface area contributed by atoms with Crippen molar-refractivity contribution in [3.05, 3.63) is 35.4 Å². The zero-order valence-electron chi connectivity index (χ0n) is 12.0. The van der Waals surface area contributed by atoms with Gasteiger partial charge in [-0.05, 0) is 50.5 Å². The summed E-state index contributed by atoms with van der Waals surface area (Å²) in [6.07, 6.45) is 3.37. The molecule has 2 unspecified atom stereocenters. The summed E-state index contributed by atoms with van der Waals surface area (Å²) in [5.74, 6) is 1.20. The Hall–Kier alpha value is -0.510. The van der Waals surface area contributed by atoms with E-state index in [-0.39, 0.29) is 0 Å². The van der Waals surface area contributed by atoms with Crippen molar-refractivity contribution in [3.63, 3.8) is 0 Å². The van der Waals surface area contributed by atoms with Crippen LogP contribution >= 0.6 is 11.8 Å². The lowest BCUT2D eigenvalue weighted by atomic mass is 9.99. The van der Waals surface area contributed by atoms with Crippen LogP contribution in [0.5, 0.6) is 0 Å². The summed E-state index contributed by atoms with van der Waals surface area (Å²) >= 11 is 1.91. The fourth-order valence-corrected chi connectivity index (χ4v) is 2.85. The SMILES string of the molecule is CSCCC(C)N(C)C(CN)c1ccccc1C. The third kappa shape index (κ3) is 4.01. The number of hydrogen-bond acceptors (Lipinski definition) is 3. The maximum atomic E-state index is 5.99. The van der Waals surface area contributed by atoms with Crippen molar-refractivity contribution in [1.29, 1.82) is 0 Å². The van der Waals surface area contributed by atoms with E-state index >= 15 is 0 Å². The third-order valence-corrected chi connectivity index (χ3v) is 4.34. The summed E-state index contributed by atoms with van der Waals surface area (Å²) in [4.78, 5) is 2.42. The number of rotatable bonds is 7. The van der Waals surface area contributed by atoms with Crippen LogP contribution in [0.25, 0.3) is 0 Å². The topological polar surface area (TPSA) is 29.3 Å². The van der Waals surface area contributed by atoms with Crippen LogP contribution in [0.2, 0.25) is 0 Å². The summed E-state index contributed by atoms with van der Waals surface area (Å²) in [6, 6.07) is 9.44. The largest absolute Gasteiger partial charge is 0.329 e. The number of benzene rings is 1. The Morgan fingerprint density at radius 3 is 2.56 bits per heavy atom. The highest BCUT2D eigenvalue weighted by molar-refractivity contribution is 7.98. The van der Waals surface area contributed by atoms with Gasteiger partial charge in [0.2, 0.25) is 0 Å². The van der Waals surface area contributed by atoms with Gasteiger partial charge in [-0.3, -0.25) is 4.90 Å². The second kappa shape index (κ2) is 7.82. The van der Waals surface area contributed by atoms with Crippen LogP contribution in [-0.4, -0.2) is 36.5 Å². The highest BCUT2D eigenvalue weighted by atomic mass is 32.2. The maximum Gasteiger partial charge on any atom is 0.0472 e. The molecule has 0 spiro atoms. The second-order valence-electron chi connectivity index (χ2n) is 4.90. The molecule has 1 aromatic rings. The quantitative estimate of drug-likeness (QED) is 0.822. The fourth-order valence-electron chi connectivity index (χ4n) is 2.27. The smallest absolute Gasteiger partial charge is 0.0472 e. The molecule has 0 saturated heterocycles. The Bertz CT molecular complexity index is 354. The first kappa shape index (κ1) is 15.5. The van der Waals surface area contributed by atoms with Gasteiger partial charge in [0.1, 0.15) is 0 Å². The Kier molecular flexibility index (Phi) is 6.76. The summed E-state index contributed by atoms with van der Waals surface area (Å²) in [6.45, 7) is 5.13. The normalized spacial score (nSPS) is 14.8. The zero-order chi connectivity index (χ0) is 13.5. The number of aryl methyl sites for hydroxylation is 1. The predicted octanol–water partition coefficient (Wildman–Crippen LogP) is 3.07. The molecule has 2 atom stereocenters. The summed E-state index contributed by atoms with van der Waals surface area (Å²) in [5.41, 5.74) is 8.68. The van der Waals surface area contributed by atoms with Crippen molar-refractivity contribution in [3.8, 4) is 0 Å². The highest BCUT2D eigenvalue weighted by Crippen LogP contribution is 2.24. The predicted molar refractivity (Wildman–Crippen MR) is 83.2 cm³/mol. The van der Waals surface area contributed by atoms with E-state index in [9.17, 15) is 0 Å². The van der Waals surface area contributed by atoms with E-state index in [0.29, 0.717) is 18.6 Å². The van der Waals surface area contributed by atoms with Crippen molar-refractivity contribution in [2.75, 3.05) is 25.6 Å². The van der Waals surface area contributed by atoms with E-state index in [1.54, 1.807) is 0 Å². The summed E-state index contributed by atoms with van der Waals surface area (Å²) < 4.78 is 0. The van der Waals surface area contributed by atoms with Gasteiger partial charge in [0.15, 0.2) is 0 Å². The molecule has 2 N–H and O–H groups in total. The average Bonchev–Trinajstić information content (AvgIpc) is 2.38. The monoisotopic (exact) mass is 266 g/mol. The molecular weight excluding hydrogens is 240 g/mol. The van der Waals surface area contributed by atoms with Crippen LogP contribution in [0.1, 0.15) is 30.5 Å². The van der Waals surface area contributed by atoms with Gasteiger partial charge < -0.3 is 5.73 Å². The minimum atomic E-state index is 0.322. The van der Waals surface area contributed by atoms with Crippen LogP contribution < -0.4 is 5.73 Å². The molecule has 0 saturated carbocycles. The molecule has 2 nitrogen and oxygen atoms in total. The van der Waals surface area contributed by atoms with Crippen LogP contribution in [0.3, 0.4) is 0 Å². The van der Waals surface area contributed by atoms with E-state index < -0.39 is 0 Å². The Morgan fingerprint density at radius 1 is 1.33 bits per heavy atom. The van der Waals surface area contributed by atoms with Gasteiger partial charge in [-0.25, -0.2) is 0 Å². The molecule has 0 amide bonds. The number of hydrogen-bond donors (Lipinski definition) is 1. The van der Waals surface area contributed by atoms with Gasteiger partial charge in [0, 0.05) is 18.6 Å². The lowest BCUT2D eigenvalue weighted by Crippen LogP contribution is -2.37. The van der Waals surface area contributed by atoms with Gasteiger partial charge in [0.05, 0.1) is 0 Å². The van der Waals surface area contributed by atoms with Gasteiger partial charge in [0.25, 0.3) is 0 Å². The first-order valence-corrected chi connectivity index (χ1v) is 7.97. The Morgan fingerprint density at radius 2 is 2.00 bits per heavy atom. The molecule has 0 radical (unpaired) electrons. The number of likely N-dealkylation sites (N-methyl/N-ethyl adjacent to an activating group) is 1. The fraction of sp³-hybridized carbons (Fsp3) is 0.600. The molecule has 0 aliphatic carbocycles. The summed E-state index contributed by atoms with van der Waals surface area (Å²) in [7, 11) is 2.19. The first-order valence-electron chi connectivity index (χ1n) is 6.58. The Labute approximate surface area is 116 Å². The molecule has 18 heavy (non-hydrogen) atoms. The first-order chi connectivity index (χ1) is 8.61. The number of nitrogens with zero attached hydrogens (tertiary/aromatic N) is 1. The van der Waals surface area contributed by atoms with E-state index in [0.717, 1.165) is 0 Å². The van der Waals surface area contributed by atoms with Gasteiger partial charge in [-0.15, -0.1) is 0 Å². The average molecular weight is 266 g/mol. The molecule has 0 aliphatic rings. The zero-order valence-corrected chi connectivity index (χ0v) is 12.8. The van der Waals surface area contributed by atoms with Crippen molar-refractivity contribution >= 4 is 11.8 Å². The molecule has 0 fully saturated rings. The standard InChI is InChI=1S/C15H26N2S/c1-12-7-5-6-8-14(12)15(11-16)17(3)13(2)9-10-18-4/h5-8,13,15H,9-11,16H2,1-4H3. The van der Waals surface area contributed by atoms with Crippen molar-refractivity contribution in [1.82, 2.24) is 4.90 Å². The van der Waals surface area contributed by atoms with Crippen molar-refractivity contribution < 1.29 is 0 Å². The molecule has 0 bridgehead atoms. The Balaban J connectivity index is 2.80. The number of thioether (sulfide) groups is 1. The molecule has 102 valence electrons. The minimum absolute atomic E-state index is 0.322. The molecule has 0 heterocycles. The molecular formula is C15H26N2S. The van der Waals surface area contributed by atoms with Crippen LogP contribution in [0.4, 0.5) is 0 Å². The molecule has 3 heteroatoms. The van der Waals surface area contributed by atoms with Crippen LogP contribution in [0, 0.1) is 6.92 Å². The van der Waals surface area contributed by atoms with E-state index in [4.69, 9.17) is 5.73 Å². The highest BCUT2D eigenvalue weighted by Gasteiger charge is 2.21. The molecule has 0 aliphatic heterocycles. The lowest BCUT2D eigenvalue weighted by Gasteiger charge is -2.33. The number of nitrogens with two attached hydrogens (primary N) is 1. The molecule has 0 aromatic heterocycles. The van der Waals surface area contributed by atoms with Gasteiger partial charge in [-0.1, -0.05) is 24.3 Å². The van der Waals surface area contributed by atoms with Crippen LogP contribution in [0.15, 0.2) is 24.3 Å². The van der Waals surface area contributed by atoms with Gasteiger partial charge >= 0.3 is 0 Å². The molecule has 1 rings (SSSR count). The second-order valence-corrected chi connectivity index (χ2v) is 5.89. The molecule has 1 aromatic carbocycles. The van der Waals surface area contributed by atoms with Crippen molar-refractivity contribution in [2.24, 2.45) is 5.73 Å². The van der Waals surface area contributed by atoms with E-state index in [2.05, 4.69) is 56.3 Å².